The molecule has 0 unspecified atom stereocenters. The van der Waals surface area contributed by atoms with E-state index >= 15 is 0 Å². The molecule has 172 valence electrons. The molecule has 2 aliphatic rings. The van der Waals surface area contributed by atoms with Crippen molar-refractivity contribution in [3.63, 3.8) is 0 Å². The quantitative estimate of drug-likeness (QED) is 0.708. The van der Waals surface area contributed by atoms with Gasteiger partial charge in [0.1, 0.15) is 5.82 Å². The molecule has 8 nitrogen and oxygen atoms in total. The zero-order valence-corrected chi connectivity index (χ0v) is 17.6. The van der Waals surface area contributed by atoms with Crippen LogP contribution in [0.2, 0.25) is 0 Å². The fourth-order valence-corrected chi connectivity index (χ4v) is 3.63. The first kappa shape index (κ1) is 23.3. The number of hydrogen-bond acceptors (Lipinski definition) is 5. The number of rotatable bonds is 7. The fraction of sp³-hybridized carbons (Fsp3) is 0.650. The van der Waals surface area contributed by atoms with Gasteiger partial charge in [-0.2, -0.15) is 18.3 Å². The summed E-state index contributed by atoms with van der Waals surface area (Å²) >= 11 is 0. The third-order valence-corrected chi connectivity index (χ3v) is 5.55. The lowest BCUT2D eigenvalue weighted by Crippen LogP contribution is -2.38. The summed E-state index contributed by atoms with van der Waals surface area (Å²) in [7, 11) is 4.04. The highest BCUT2D eigenvalue weighted by Gasteiger charge is 2.38. The van der Waals surface area contributed by atoms with Gasteiger partial charge in [0.15, 0.2) is 0 Å². The molecule has 1 aliphatic carbocycles. The highest BCUT2D eigenvalue weighted by Crippen LogP contribution is 2.32. The lowest BCUT2D eigenvalue weighted by molar-refractivity contribution is -0.192. The lowest BCUT2D eigenvalue weighted by atomic mass is 10.0. The lowest BCUT2D eigenvalue weighted by Gasteiger charge is -2.27. The summed E-state index contributed by atoms with van der Waals surface area (Å²) in [6.07, 6.45) is 8.03. The minimum absolute atomic E-state index is 0.325. The van der Waals surface area contributed by atoms with Gasteiger partial charge in [-0.1, -0.05) is 0 Å². The number of carboxylic acids is 1. The molecule has 11 heteroatoms. The summed E-state index contributed by atoms with van der Waals surface area (Å²) in [4.78, 5) is 15.9. The van der Waals surface area contributed by atoms with Crippen molar-refractivity contribution < 1.29 is 27.8 Å². The van der Waals surface area contributed by atoms with E-state index in [1.165, 1.54) is 18.4 Å². The number of halogens is 3. The fourth-order valence-electron chi connectivity index (χ4n) is 3.63. The van der Waals surface area contributed by atoms with Crippen molar-refractivity contribution in [2.24, 2.45) is 20.0 Å². The van der Waals surface area contributed by atoms with Crippen LogP contribution in [-0.4, -0.2) is 66.8 Å². The highest BCUT2D eigenvalue weighted by atomic mass is 19.4. The third kappa shape index (κ3) is 6.79. The Morgan fingerprint density at radius 3 is 2.52 bits per heavy atom. The zero-order chi connectivity index (χ0) is 22.6. The Hall–Kier alpha value is -2.40. The maximum Gasteiger partial charge on any atom is 0.490 e. The van der Waals surface area contributed by atoms with Crippen LogP contribution in [0.25, 0.3) is 0 Å². The van der Waals surface area contributed by atoms with E-state index in [4.69, 9.17) is 14.6 Å². The van der Waals surface area contributed by atoms with Gasteiger partial charge in [0, 0.05) is 51.9 Å². The SMILES string of the molecule is Cn1cc(C[C@H]2[C@@H](OCC3CC3)CCN2Cc2nccn2C)cn1.O=C(O)C(F)(F)F. The van der Waals surface area contributed by atoms with E-state index in [1.54, 1.807) is 0 Å². The number of aryl methyl sites for hydroxylation is 2. The molecular weight excluding hydrogens is 415 g/mol. The van der Waals surface area contributed by atoms with Crippen LogP contribution in [0.5, 0.6) is 0 Å². The summed E-state index contributed by atoms with van der Waals surface area (Å²) in [5.41, 5.74) is 1.29. The van der Waals surface area contributed by atoms with Gasteiger partial charge in [-0.15, -0.1) is 0 Å². The maximum absolute atomic E-state index is 10.6. The molecule has 0 radical (unpaired) electrons. The van der Waals surface area contributed by atoms with Crippen LogP contribution < -0.4 is 0 Å². The van der Waals surface area contributed by atoms with Crippen molar-refractivity contribution >= 4 is 5.97 Å². The normalized spacial score (nSPS) is 21.7. The van der Waals surface area contributed by atoms with Gasteiger partial charge in [-0.25, -0.2) is 9.78 Å². The van der Waals surface area contributed by atoms with Crippen molar-refractivity contribution in [3.8, 4) is 0 Å². The van der Waals surface area contributed by atoms with E-state index in [9.17, 15) is 13.2 Å². The molecule has 0 spiro atoms. The number of carboxylic acid groups (broad SMARTS) is 1. The largest absolute Gasteiger partial charge is 0.490 e. The first-order valence-electron chi connectivity index (χ1n) is 10.2. The number of imidazole rings is 1. The molecule has 1 saturated heterocycles. The Bertz CT molecular complexity index is 862. The Morgan fingerprint density at radius 1 is 1.29 bits per heavy atom. The number of likely N-dealkylation sites (tertiary alicyclic amines) is 1. The van der Waals surface area contributed by atoms with Crippen LogP contribution in [0.15, 0.2) is 24.8 Å². The number of nitrogens with zero attached hydrogens (tertiary/aromatic N) is 5. The van der Waals surface area contributed by atoms with Crippen LogP contribution >= 0.6 is 0 Å². The van der Waals surface area contributed by atoms with Gasteiger partial charge in [-0.3, -0.25) is 9.58 Å². The third-order valence-electron chi connectivity index (χ3n) is 5.55. The summed E-state index contributed by atoms with van der Waals surface area (Å²) in [5.74, 6) is -0.825. The Balaban J connectivity index is 0.000000339. The van der Waals surface area contributed by atoms with E-state index in [0.29, 0.717) is 12.1 Å². The highest BCUT2D eigenvalue weighted by molar-refractivity contribution is 5.73. The standard InChI is InChI=1S/C18H27N5O.C2HF3O2/c1-21-8-6-19-18(21)12-23-7-5-17(24-13-14-3-4-14)16(23)9-15-10-20-22(2)11-15;3-2(4,5)1(6)7/h6,8,10-11,14,16-17H,3-5,7,9,12-13H2,1-2H3;(H,6,7)/t16-,17-;/m0./s1. The number of ether oxygens (including phenoxy) is 1. The monoisotopic (exact) mass is 443 g/mol. The molecule has 2 fully saturated rings. The Labute approximate surface area is 178 Å². The average Bonchev–Trinajstić information content (AvgIpc) is 3.12. The molecule has 2 atom stereocenters. The van der Waals surface area contributed by atoms with Gasteiger partial charge in [0.25, 0.3) is 0 Å². The minimum Gasteiger partial charge on any atom is -0.475 e. The van der Waals surface area contributed by atoms with Gasteiger partial charge in [0.2, 0.25) is 0 Å². The van der Waals surface area contributed by atoms with Gasteiger partial charge in [-0.05, 0) is 37.2 Å². The molecule has 1 N–H and O–H groups in total. The minimum atomic E-state index is -5.08. The second kappa shape index (κ2) is 9.82. The molecule has 4 rings (SSSR count). The van der Waals surface area contributed by atoms with Crippen molar-refractivity contribution in [3.05, 3.63) is 36.2 Å². The van der Waals surface area contributed by atoms with Crippen LogP contribution in [0.4, 0.5) is 13.2 Å². The first-order chi connectivity index (χ1) is 14.6. The molecule has 0 aromatic carbocycles. The molecule has 1 aliphatic heterocycles. The van der Waals surface area contributed by atoms with Crippen molar-refractivity contribution in [2.75, 3.05) is 13.2 Å². The van der Waals surface area contributed by atoms with Crippen molar-refractivity contribution in [2.45, 2.75) is 50.6 Å². The molecule has 0 amide bonds. The van der Waals surface area contributed by atoms with Crippen LogP contribution in [-0.2, 0) is 36.6 Å². The van der Waals surface area contributed by atoms with E-state index in [0.717, 1.165) is 44.3 Å². The second-order valence-electron chi connectivity index (χ2n) is 8.13. The molecule has 3 heterocycles. The average molecular weight is 443 g/mol. The molecule has 2 aromatic heterocycles. The van der Waals surface area contributed by atoms with Crippen LogP contribution in [0, 0.1) is 5.92 Å². The van der Waals surface area contributed by atoms with E-state index in [2.05, 4.69) is 32.8 Å². The summed E-state index contributed by atoms with van der Waals surface area (Å²) < 4.78 is 42.0. The summed E-state index contributed by atoms with van der Waals surface area (Å²) in [6, 6.07) is 0.407. The number of aliphatic carboxylic acids is 1. The second-order valence-corrected chi connectivity index (χ2v) is 8.13. The van der Waals surface area contributed by atoms with Crippen LogP contribution in [0.1, 0.15) is 30.7 Å². The van der Waals surface area contributed by atoms with E-state index in [1.807, 2.05) is 30.3 Å². The molecule has 0 bridgehead atoms. The van der Waals surface area contributed by atoms with Gasteiger partial charge >= 0.3 is 12.1 Å². The molecular formula is C20H28F3N5O3. The van der Waals surface area contributed by atoms with Crippen molar-refractivity contribution in [1.29, 1.82) is 0 Å². The predicted molar refractivity (Wildman–Crippen MR) is 105 cm³/mol. The molecule has 1 saturated carbocycles. The molecule has 31 heavy (non-hydrogen) atoms. The van der Waals surface area contributed by atoms with Gasteiger partial charge in [0.05, 0.1) is 18.8 Å². The van der Waals surface area contributed by atoms with Gasteiger partial charge < -0.3 is 14.4 Å². The smallest absolute Gasteiger partial charge is 0.475 e. The molecule has 2 aromatic rings. The number of hydrogen-bond donors (Lipinski definition) is 1. The van der Waals surface area contributed by atoms with E-state index in [-0.39, 0.29) is 0 Å². The summed E-state index contributed by atoms with van der Waals surface area (Å²) in [5, 5.41) is 11.4. The Kier molecular flexibility index (Phi) is 7.37. The number of alkyl halides is 3. The van der Waals surface area contributed by atoms with Crippen molar-refractivity contribution in [1.82, 2.24) is 24.2 Å². The number of carbonyl (C=O) groups is 1. The van der Waals surface area contributed by atoms with E-state index < -0.39 is 12.1 Å². The number of aromatic nitrogens is 4. The topological polar surface area (TPSA) is 85.4 Å². The maximum atomic E-state index is 10.6. The van der Waals surface area contributed by atoms with Crippen LogP contribution in [0.3, 0.4) is 0 Å². The summed E-state index contributed by atoms with van der Waals surface area (Å²) in [6.45, 7) is 2.90. The predicted octanol–water partition coefficient (Wildman–Crippen LogP) is 2.40. The Morgan fingerprint density at radius 2 is 2.00 bits per heavy atom. The first-order valence-corrected chi connectivity index (χ1v) is 10.2. The zero-order valence-electron chi connectivity index (χ0n) is 17.6.